The number of thiazole rings is 1. The highest BCUT2D eigenvalue weighted by Gasteiger charge is 2.24. The molecule has 1 aliphatic rings. The first-order chi connectivity index (χ1) is 11.1. The predicted octanol–water partition coefficient (Wildman–Crippen LogP) is 2.54. The lowest BCUT2D eigenvalue weighted by molar-refractivity contribution is 0.0551. The quantitative estimate of drug-likeness (QED) is 0.846. The fourth-order valence-electron chi connectivity index (χ4n) is 2.41. The van der Waals surface area contributed by atoms with E-state index in [-0.39, 0.29) is 6.03 Å². The first kappa shape index (κ1) is 15.8. The van der Waals surface area contributed by atoms with Crippen molar-refractivity contribution in [2.24, 2.45) is 0 Å². The van der Waals surface area contributed by atoms with E-state index in [2.05, 4.69) is 9.97 Å². The number of morpholine rings is 1. The maximum atomic E-state index is 13.3. The van der Waals surface area contributed by atoms with Crippen LogP contribution < -0.4 is 4.90 Å². The largest absolute Gasteiger partial charge is 0.378 e. The van der Waals surface area contributed by atoms with Crippen LogP contribution >= 0.6 is 11.3 Å². The normalized spacial score (nSPS) is 14.8. The number of ether oxygens (including phenoxy) is 1. The molecule has 0 aliphatic carbocycles. The molecule has 0 atom stereocenters. The molecule has 2 aromatic rings. The number of amides is 2. The Bertz CT molecular complexity index is 715. The Labute approximate surface area is 137 Å². The minimum atomic E-state index is -0.408. The summed E-state index contributed by atoms with van der Waals surface area (Å²) in [6, 6.07) is 1.31. The van der Waals surface area contributed by atoms with Gasteiger partial charge in [-0.1, -0.05) is 11.3 Å². The van der Waals surface area contributed by atoms with Gasteiger partial charge in [-0.2, -0.15) is 0 Å². The third kappa shape index (κ3) is 3.32. The average Bonchev–Trinajstić information content (AvgIpc) is 2.96. The molecule has 0 N–H and O–H groups in total. The van der Waals surface area contributed by atoms with E-state index < -0.39 is 5.82 Å². The van der Waals surface area contributed by atoms with Crippen LogP contribution in [0.15, 0.2) is 18.5 Å². The van der Waals surface area contributed by atoms with Gasteiger partial charge in [0.1, 0.15) is 15.8 Å². The summed E-state index contributed by atoms with van der Waals surface area (Å²) in [5.74, 6) is -0.408. The monoisotopic (exact) mass is 336 g/mol. The molecule has 1 saturated heterocycles. The lowest BCUT2D eigenvalue weighted by Gasteiger charge is -2.30. The zero-order chi connectivity index (χ0) is 16.4. The smallest absolute Gasteiger partial charge is 0.325 e. The summed E-state index contributed by atoms with van der Waals surface area (Å²) in [7, 11) is 1.73. The van der Waals surface area contributed by atoms with Crippen molar-refractivity contribution in [1.29, 1.82) is 0 Å². The zero-order valence-electron chi connectivity index (χ0n) is 13.0. The number of aromatic nitrogens is 2. The summed E-state index contributed by atoms with van der Waals surface area (Å²) in [5.41, 5.74) is 1.34. The van der Waals surface area contributed by atoms with Gasteiger partial charge in [0.15, 0.2) is 0 Å². The summed E-state index contributed by atoms with van der Waals surface area (Å²) in [6.07, 6.45) is 2.72. The molecular formula is C15H17FN4O2S. The zero-order valence-corrected chi connectivity index (χ0v) is 13.8. The first-order valence-corrected chi connectivity index (χ1v) is 8.06. The highest BCUT2D eigenvalue weighted by atomic mass is 32.1. The van der Waals surface area contributed by atoms with Crippen molar-refractivity contribution in [3.8, 4) is 10.6 Å². The molecule has 6 nitrogen and oxygen atoms in total. The van der Waals surface area contributed by atoms with Crippen LogP contribution in [-0.2, 0) is 4.74 Å². The van der Waals surface area contributed by atoms with Crippen LogP contribution in [0.2, 0.25) is 0 Å². The van der Waals surface area contributed by atoms with Crippen molar-refractivity contribution in [2.75, 3.05) is 38.3 Å². The number of carbonyl (C=O) groups excluding carboxylic acids is 1. The van der Waals surface area contributed by atoms with E-state index in [1.165, 1.54) is 17.4 Å². The second kappa shape index (κ2) is 6.59. The van der Waals surface area contributed by atoms with Crippen molar-refractivity contribution in [2.45, 2.75) is 6.92 Å². The Balaban J connectivity index is 1.84. The second-order valence-electron chi connectivity index (χ2n) is 5.24. The van der Waals surface area contributed by atoms with E-state index in [1.807, 2.05) is 6.92 Å². The van der Waals surface area contributed by atoms with Crippen molar-refractivity contribution in [3.63, 3.8) is 0 Å². The van der Waals surface area contributed by atoms with Crippen LogP contribution in [0.1, 0.15) is 5.69 Å². The SMILES string of the molecule is Cc1nc(-c2cncc(F)c2)sc1N(C)C(=O)N1CCOCC1. The minimum Gasteiger partial charge on any atom is -0.378 e. The molecule has 1 fully saturated rings. The van der Waals surface area contributed by atoms with Gasteiger partial charge >= 0.3 is 6.03 Å². The maximum Gasteiger partial charge on any atom is 0.325 e. The molecule has 122 valence electrons. The van der Waals surface area contributed by atoms with Gasteiger partial charge in [0, 0.05) is 31.9 Å². The van der Waals surface area contributed by atoms with E-state index in [9.17, 15) is 9.18 Å². The number of urea groups is 1. The lowest BCUT2D eigenvalue weighted by Crippen LogP contribution is -2.47. The Morgan fingerprint density at radius 1 is 1.39 bits per heavy atom. The molecule has 2 amide bonds. The predicted molar refractivity (Wildman–Crippen MR) is 86.2 cm³/mol. The number of nitrogens with zero attached hydrogens (tertiary/aromatic N) is 4. The Morgan fingerprint density at radius 2 is 2.13 bits per heavy atom. The third-order valence-corrected chi connectivity index (χ3v) is 4.88. The fraction of sp³-hybridized carbons (Fsp3) is 0.400. The number of rotatable bonds is 2. The Hall–Kier alpha value is -2.06. The molecular weight excluding hydrogens is 319 g/mol. The van der Waals surface area contributed by atoms with E-state index in [1.54, 1.807) is 23.0 Å². The van der Waals surface area contributed by atoms with Gasteiger partial charge < -0.3 is 9.64 Å². The molecule has 0 saturated carbocycles. The molecule has 1 aliphatic heterocycles. The van der Waals surface area contributed by atoms with E-state index >= 15 is 0 Å². The number of carbonyl (C=O) groups is 1. The topological polar surface area (TPSA) is 58.6 Å². The van der Waals surface area contributed by atoms with Crippen LogP contribution in [0.4, 0.5) is 14.2 Å². The number of halogens is 1. The lowest BCUT2D eigenvalue weighted by atomic mass is 10.3. The van der Waals surface area contributed by atoms with Crippen LogP contribution in [0.25, 0.3) is 10.6 Å². The van der Waals surface area contributed by atoms with Gasteiger partial charge in [0.25, 0.3) is 0 Å². The maximum absolute atomic E-state index is 13.3. The van der Waals surface area contributed by atoms with Gasteiger partial charge in [-0.05, 0) is 13.0 Å². The average molecular weight is 336 g/mol. The van der Waals surface area contributed by atoms with Crippen molar-refractivity contribution in [3.05, 3.63) is 30.0 Å². The highest BCUT2D eigenvalue weighted by molar-refractivity contribution is 7.19. The minimum absolute atomic E-state index is 0.0797. The number of aryl methyl sites for hydroxylation is 1. The van der Waals surface area contributed by atoms with Gasteiger partial charge in [-0.3, -0.25) is 9.88 Å². The summed E-state index contributed by atoms with van der Waals surface area (Å²) in [4.78, 5) is 24.2. The molecule has 0 spiro atoms. The molecule has 2 aromatic heterocycles. The molecule has 0 aromatic carbocycles. The first-order valence-electron chi connectivity index (χ1n) is 7.25. The molecule has 8 heteroatoms. The summed E-state index contributed by atoms with van der Waals surface area (Å²) in [6.45, 7) is 4.12. The van der Waals surface area contributed by atoms with Crippen molar-refractivity contribution < 1.29 is 13.9 Å². The van der Waals surface area contributed by atoms with Crippen LogP contribution in [-0.4, -0.2) is 54.2 Å². The Kier molecular flexibility index (Phi) is 4.53. The molecule has 0 unspecified atom stereocenters. The van der Waals surface area contributed by atoms with Crippen LogP contribution in [0, 0.1) is 12.7 Å². The molecule has 0 radical (unpaired) electrons. The van der Waals surface area contributed by atoms with Crippen molar-refractivity contribution in [1.82, 2.24) is 14.9 Å². The number of hydrogen-bond donors (Lipinski definition) is 0. The summed E-state index contributed by atoms with van der Waals surface area (Å²) in [5, 5.41) is 1.40. The van der Waals surface area contributed by atoms with Gasteiger partial charge in [-0.25, -0.2) is 14.2 Å². The van der Waals surface area contributed by atoms with Crippen LogP contribution in [0.3, 0.4) is 0 Å². The van der Waals surface area contributed by atoms with E-state index in [4.69, 9.17) is 4.74 Å². The fourth-order valence-corrected chi connectivity index (χ4v) is 3.41. The molecule has 3 rings (SSSR count). The number of hydrogen-bond acceptors (Lipinski definition) is 5. The number of pyridine rings is 1. The highest BCUT2D eigenvalue weighted by Crippen LogP contribution is 2.34. The van der Waals surface area contributed by atoms with Crippen LogP contribution in [0.5, 0.6) is 0 Å². The summed E-state index contributed by atoms with van der Waals surface area (Å²) < 4.78 is 18.6. The van der Waals surface area contributed by atoms with Gasteiger partial charge in [-0.15, -0.1) is 0 Å². The molecule has 0 bridgehead atoms. The molecule has 23 heavy (non-hydrogen) atoms. The standard InChI is InChI=1S/C15H17FN4O2S/c1-10-14(19(2)15(21)20-3-5-22-6-4-20)23-13(18-10)11-7-12(16)9-17-8-11/h7-9H,3-6H2,1-2H3. The van der Waals surface area contributed by atoms with E-state index in [0.717, 1.165) is 16.9 Å². The second-order valence-corrected chi connectivity index (χ2v) is 6.22. The van der Waals surface area contributed by atoms with Gasteiger partial charge in [0.2, 0.25) is 0 Å². The van der Waals surface area contributed by atoms with Gasteiger partial charge in [0.05, 0.1) is 25.1 Å². The van der Waals surface area contributed by atoms with Crippen molar-refractivity contribution >= 4 is 22.4 Å². The Morgan fingerprint density at radius 3 is 2.83 bits per heavy atom. The summed E-state index contributed by atoms with van der Waals surface area (Å²) >= 11 is 1.35. The molecule has 3 heterocycles. The van der Waals surface area contributed by atoms with E-state index in [0.29, 0.717) is 36.9 Å². The third-order valence-electron chi connectivity index (χ3n) is 3.60. The number of anilines is 1.